The normalized spacial score (nSPS) is 16.7. The van der Waals surface area contributed by atoms with Crippen LogP contribution in [0.25, 0.3) is 10.9 Å². The molecule has 3 aromatic rings. The van der Waals surface area contributed by atoms with Gasteiger partial charge in [0, 0.05) is 35.2 Å². The standard InChI is InChI=1S/C20H21ClN2O3S/c1-26-19-7-6-15(21)12-20(19)27(24,25)23-10-8-14(9-11-23)17-13-22-18-5-3-2-4-16(17)18/h2-7,12-14,22H,8-11H2,1H3. The summed E-state index contributed by atoms with van der Waals surface area (Å²) in [6.07, 6.45) is 3.62. The Balaban J connectivity index is 1.56. The van der Waals surface area contributed by atoms with Crippen LogP contribution in [0.2, 0.25) is 5.02 Å². The summed E-state index contributed by atoms with van der Waals surface area (Å²) in [5, 5.41) is 1.60. The number of methoxy groups -OCH3 is 1. The van der Waals surface area contributed by atoms with E-state index in [0.29, 0.717) is 29.8 Å². The number of H-pyrrole nitrogens is 1. The quantitative estimate of drug-likeness (QED) is 0.701. The maximum Gasteiger partial charge on any atom is 0.246 e. The second-order valence-electron chi connectivity index (χ2n) is 6.76. The van der Waals surface area contributed by atoms with Gasteiger partial charge in [-0.15, -0.1) is 0 Å². The van der Waals surface area contributed by atoms with Crippen molar-refractivity contribution in [3.63, 3.8) is 0 Å². The first-order valence-corrected chi connectivity index (χ1v) is 10.7. The molecule has 1 N–H and O–H groups in total. The topological polar surface area (TPSA) is 62.4 Å². The van der Waals surface area contributed by atoms with Gasteiger partial charge in [0.05, 0.1) is 7.11 Å². The van der Waals surface area contributed by atoms with Gasteiger partial charge in [0.25, 0.3) is 0 Å². The highest BCUT2D eigenvalue weighted by atomic mass is 35.5. The van der Waals surface area contributed by atoms with Gasteiger partial charge in [-0.1, -0.05) is 29.8 Å². The van der Waals surface area contributed by atoms with Crippen LogP contribution in [0.4, 0.5) is 0 Å². The lowest BCUT2D eigenvalue weighted by Crippen LogP contribution is -2.38. The zero-order valence-corrected chi connectivity index (χ0v) is 16.6. The van der Waals surface area contributed by atoms with Crippen LogP contribution in [-0.4, -0.2) is 37.9 Å². The van der Waals surface area contributed by atoms with Crippen molar-refractivity contribution in [1.82, 2.24) is 9.29 Å². The predicted octanol–water partition coefficient (Wildman–Crippen LogP) is 4.40. The fraction of sp³-hybridized carbons (Fsp3) is 0.300. The average Bonchev–Trinajstić information content (AvgIpc) is 3.12. The van der Waals surface area contributed by atoms with Crippen LogP contribution in [-0.2, 0) is 10.0 Å². The molecule has 0 amide bonds. The molecular weight excluding hydrogens is 384 g/mol. The molecule has 2 aromatic carbocycles. The molecule has 1 aliphatic rings. The second-order valence-corrected chi connectivity index (χ2v) is 9.11. The van der Waals surface area contributed by atoms with Crippen molar-refractivity contribution in [2.24, 2.45) is 0 Å². The number of para-hydroxylation sites is 1. The summed E-state index contributed by atoms with van der Waals surface area (Å²) in [5.74, 6) is 0.659. The zero-order valence-electron chi connectivity index (χ0n) is 15.0. The van der Waals surface area contributed by atoms with E-state index >= 15 is 0 Å². The second kappa shape index (κ2) is 7.19. The van der Waals surface area contributed by atoms with Crippen LogP contribution in [0.1, 0.15) is 24.3 Å². The van der Waals surface area contributed by atoms with Gasteiger partial charge in [-0.2, -0.15) is 4.31 Å². The minimum absolute atomic E-state index is 0.128. The lowest BCUT2D eigenvalue weighted by molar-refractivity contribution is 0.318. The van der Waals surface area contributed by atoms with Gasteiger partial charge >= 0.3 is 0 Å². The van der Waals surface area contributed by atoms with E-state index in [4.69, 9.17) is 16.3 Å². The van der Waals surface area contributed by atoms with E-state index in [1.807, 2.05) is 12.1 Å². The lowest BCUT2D eigenvalue weighted by Gasteiger charge is -2.31. The van der Waals surface area contributed by atoms with Gasteiger partial charge in [0.1, 0.15) is 10.6 Å². The Labute approximate surface area is 164 Å². The number of aromatic nitrogens is 1. The van der Waals surface area contributed by atoms with Crippen molar-refractivity contribution in [1.29, 1.82) is 0 Å². The molecule has 0 bridgehead atoms. The van der Waals surface area contributed by atoms with E-state index in [1.165, 1.54) is 28.4 Å². The van der Waals surface area contributed by atoms with Gasteiger partial charge in [0.15, 0.2) is 0 Å². The molecule has 0 radical (unpaired) electrons. The third-order valence-electron chi connectivity index (χ3n) is 5.26. The fourth-order valence-electron chi connectivity index (χ4n) is 3.83. The van der Waals surface area contributed by atoms with Crippen molar-refractivity contribution in [2.45, 2.75) is 23.7 Å². The lowest BCUT2D eigenvalue weighted by atomic mass is 9.90. The molecule has 1 aliphatic heterocycles. The summed E-state index contributed by atoms with van der Waals surface area (Å²) in [6, 6.07) is 12.9. The maximum atomic E-state index is 13.1. The number of sulfonamides is 1. The Morgan fingerprint density at radius 3 is 2.63 bits per heavy atom. The van der Waals surface area contributed by atoms with Crippen LogP contribution in [0.3, 0.4) is 0 Å². The zero-order chi connectivity index (χ0) is 19.0. The highest BCUT2D eigenvalue weighted by molar-refractivity contribution is 7.89. The average molecular weight is 405 g/mol. The summed E-state index contributed by atoms with van der Waals surface area (Å²) in [5.41, 5.74) is 2.38. The Kier molecular flexibility index (Phi) is 4.88. The van der Waals surface area contributed by atoms with E-state index in [2.05, 4.69) is 23.3 Å². The number of nitrogens with one attached hydrogen (secondary N) is 1. The molecule has 0 atom stereocenters. The molecule has 1 saturated heterocycles. The molecule has 0 unspecified atom stereocenters. The molecule has 2 heterocycles. The summed E-state index contributed by atoms with van der Waals surface area (Å²) < 4.78 is 33.0. The highest BCUT2D eigenvalue weighted by Gasteiger charge is 2.32. The van der Waals surface area contributed by atoms with Crippen LogP contribution >= 0.6 is 11.6 Å². The third-order valence-corrected chi connectivity index (χ3v) is 7.41. The Morgan fingerprint density at radius 1 is 1.15 bits per heavy atom. The number of piperidine rings is 1. The molecule has 7 heteroatoms. The first-order valence-electron chi connectivity index (χ1n) is 8.90. The maximum absolute atomic E-state index is 13.1. The first-order chi connectivity index (χ1) is 13.0. The highest BCUT2D eigenvalue weighted by Crippen LogP contribution is 2.36. The number of benzene rings is 2. The molecule has 0 saturated carbocycles. The molecule has 0 aliphatic carbocycles. The largest absolute Gasteiger partial charge is 0.495 e. The smallest absolute Gasteiger partial charge is 0.246 e. The molecule has 5 nitrogen and oxygen atoms in total. The number of fused-ring (bicyclic) bond motifs is 1. The minimum Gasteiger partial charge on any atom is -0.495 e. The van der Waals surface area contributed by atoms with Gasteiger partial charge in [-0.05, 0) is 48.6 Å². The van der Waals surface area contributed by atoms with Crippen molar-refractivity contribution in [3.8, 4) is 5.75 Å². The van der Waals surface area contributed by atoms with Gasteiger partial charge < -0.3 is 9.72 Å². The summed E-state index contributed by atoms with van der Waals surface area (Å²) in [7, 11) is -2.18. The van der Waals surface area contributed by atoms with E-state index in [1.54, 1.807) is 12.1 Å². The van der Waals surface area contributed by atoms with Crippen molar-refractivity contribution >= 4 is 32.5 Å². The number of hydrogen-bond donors (Lipinski definition) is 1. The van der Waals surface area contributed by atoms with Crippen molar-refractivity contribution < 1.29 is 13.2 Å². The molecular formula is C20H21ClN2O3S. The molecule has 1 fully saturated rings. The molecule has 1 aromatic heterocycles. The number of aromatic amines is 1. The fourth-order valence-corrected chi connectivity index (χ4v) is 5.72. The monoisotopic (exact) mass is 404 g/mol. The SMILES string of the molecule is COc1ccc(Cl)cc1S(=O)(=O)N1CCC(c2c[nH]c3ccccc23)CC1. The summed E-state index contributed by atoms with van der Waals surface area (Å²) in [4.78, 5) is 3.44. The minimum atomic E-state index is -3.65. The molecule has 142 valence electrons. The van der Waals surface area contributed by atoms with Gasteiger partial charge in [-0.25, -0.2) is 8.42 Å². The number of hydrogen-bond acceptors (Lipinski definition) is 3. The third kappa shape index (κ3) is 3.33. The van der Waals surface area contributed by atoms with Crippen LogP contribution in [0.5, 0.6) is 5.75 Å². The van der Waals surface area contributed by atoms with E-state index < -0.39 is 10.0 Å². The summed E-state index contributed by atoms with van der Waals surface area (Å²) in [6.45, 7) is 0.949. The van der Waals surface area contributed by atoms with Crippen LogP contribution < -0.4 is 4.74 Å². The van der Waals surface area contributed by atoms with E-state index in [-0.39, 0.29) is 4.90 Å². The summed E-state index contributed by atoms with van der Waals surface area (Å²) >= 11 is 6.02. The first kappa shape index (κ1) is 18.3. The predicted molar refractivity (Wildman–Crippen MR) is 107 cm³/mol. The number of halogens is 1. The van der Waals surface area contributed by atoms with Crippen LogP contribution in [0, 0.1) is 0 Å². The Bertz CT molecular complexity index is 1070. The Hall–Kier alpha value is -2.02. The molecule has 27 heavy (non-hydrogen) atoms. The van der Waals surface area contributed by atoms with Gasteiger partial charge in [0.2, 0.25) is 10.0 Å². The molecule has 0 spiro atoms. The van der Waals surface area contributed by atoms with Crippen LogP contribution in [0.15, 0.2) is 53.6 Å². The van der Waals surface area contributed by atoms with E-state index in [9.17, 15) is 8.42 Å². The van der Waals surface area contributed by atoms with Crippen molar-refractivity contribution in [3.05, 3.63) is 59.2 Å². The number of nitrogens with zero attached hydrogens (tertiary/aromatic N) is 1. The molecule has 4 rings (SSSR count). The van der Waals surface area contributed by atoms with Crippen molar-refractivity contribution in [2.75, 3.05) is 20.2 Å². The number of ether oxygens (including phenoxy) is 1. The Morgan fingerprint density at radius 2 is 1.89 bits per heavy atom. The van der Waals surface area contributed by atoms with E-state index in [0.717, 1.165) is 18.4 Å². The van der Waals surface area contributed by atoms with Gasteiger partial charge in [-0.3, -0.25) is 0 Å². The number of rotatable bonds is 4.